The Kier molecular flexibility index (Phi) is 7.23. The van der Waals surface area contributed by atoms with Crippen LogP contribution in [0.25, 0.3) is 0 Å². The van der Waals surface area contributed by atoms with Crippen molar-refractivity contribution in [2.45, 2.75) is 27.7 Å². The molecule has 0 spiro atoms. The minimum absolute atomic E-state index is 0.115. The molecule has 0 aliphatic heterocycles. The van der Waals surface area contributed by atoms with Crippen molar-refractivity contribution in [1.82, 2.24) is 5.43 Å². The van der Waals surface area contributed by atoms with E-state index in [1.165, 1.54) is 6.21 Å². The number of aryl methyl sites for hydroxylation is 2. The van der Waals surface area contributed by atoms with E-state index in [1.807, 2.05) is 38.1 Å². The van der Waals surface area contributed by atoms with Crippen molar-refractivity contribution < 1.29 is 14.6 Å². The van der Waals surface area contributed by atoms with Crippen LogP contribution < -0.4 is 15.1 Å². The van der Waals surface area contributed by atoms with Gasteiger partial charge in [0.25, 0.3) is 5.91 Å². The molecular weight excluding hydrogens is 342 g/mol. The third-order valence-electron chi connectivity index (χ3n) is 4.22. The Labute approximate surface area is 160 Å². The average Bonchev–Trinajstić information content (AvgIpc) is 2.63. The number of phenols is 1. The molecule has 6 heteroatoms. The molecule has 2 aromatic carbocycles. The lowest BCUT2D eigenvalue weighted by molar-refractivity contribution is -0.123. The number of aromatic hydroxyl groups is 1. The Morgan fingerprint density at radius 3 is 2.56 bits per heavy atom. The van der Waals surface area contributed by atoms with Gasteiger partial charge in [-0.05, 0) is 51.5 Å². The monoisotopic (exact) mass is 369 g/mol. The quantitative estimate of drug-likeness (QED) is 0.553. The van der Waals surface area contributed by atoms with E-state index in [0.29, 0.717) is 11.3 Å². The van der Waals surface area contributed by atoms with E-state index in [2.05, 4.69) is 29.3 Å². The van der Waals surface area contributed by atoms with Crippen LogP contribution in [0, 0.1) is 13.8 Å². The van der Waals surface area contributed by atoms with Crippen LogP contribution >= 0.6 is 0 Å². The number of anilines is 1. The smallest absolute Gasteiger partial charge is 0.277 e. The number of hydrazone groups is 1. The Hall–Kier alpha value is -3.02. The Morgan fingerprint density at radius 1 is 1.19 bits per heavy atom. The molecule has 0 heterocycles. The van der Waals surface area contributed by atoms with Crippen molar-refractivity contribution in [1.29, 1.82) is 0 Å². The number of nitrogens with one attached hydrogen (secondary N) is 1. The molecular formula is C21H27N3O3. The van der Waals surface area contributed by atoms with E-state index in [1.54, 1.807) is 12.1 Å². The molecule has 0 bridgehead atoms. The maximum absolute atomic E-state index is 11.9. The van der Waals surface area contributed by atoms with Gasteiger partial charge in [-0.3, -0.25) is 4.79 Å². The molecule has 0 saturated heterocycles. The first kappa shape index (κ1) is 20.3. The molecule has 0 aliphatic rings. The van der Waals surface area contributed by atoms with E-state index in [0.717, 1.165) is 29.9 Å². The van der Waals surface area contributed by atoms with Crippen LogP contribution in [0.5, 0.6) is 11.5 Å². The van der Waals surface area contributed by atoms with Gasteiger partial charge in [-0.25, -0.2) is 5.43 Å². The zero-order chi connectivity index (χ0) is 19.8. The zero-order valence-corrected chi connectivity index (χ0v) is 16.3. The first-order valence-corrected chi connectivity index (χ1v) is 9.04. The number of rotatable bonds is 8. The molecule has 0 radical (unpaired) electrons. The van der Waals surface area contributed by atoms with Gasteiger partial charge in [0.1, 0.15) is 11.5 Å². The van der Waals surface area contributed by atoms with Crippen LogP contribution in [-0.2, 0) is 4.79 Å². The number of benzene rings is 2. The number of carbonyl (C=O) groups is 1. The largest absolute Gasteiger partial charge is 0.507 e. The van der Waals surface area contributed by atoms with Crippen molar-refractivity contribution in [3.63, 3.8) is 0 Å². The molecule has 6 nitrogen and oxygen atoms in total. The predicted octanol–water partition coefficient (Wildman–Crippen LogP) is 3.38. The van der Waals surface area contributed by atoms with E-state index in [9.17, 15) is 9.90 Å². The fourth-order valence-corrected chi connectivity index (χ4v) is 2.74. The summed E-state index contributed by atoms with van der Waals surface area (Å²) in [5.41, 5.74) is 5.99. The van der Waals surface area contributed by atoms with Crippen molar-refractivity contribution >= 4 is 17.8 Å². The highest BCUT2D eigenvalue weighted by Gasteiger charge is 2.07. The SMILES string of the molecule is CCN(CC)c1ccc(C=NNC(=O)COc2ccc(C)cc2C)c(O)c1. The molecule has 0 aromatic heterocycles. The highest BCUT2D eigenvalue weighted by Crippen LogP contribution is 2.23. The Balaban J connectivity index is 1.90. The Bertz CT molecular complexity index is 814. The van der Waals surface area contributed by atoms with Gasteiger partial charge in [0, 0.05) is 30.4 Å². The maximum atomic E-state index is 11.9. The molecule has 144 valence electrons. The van der Waals surface area contributed by atoms with Gasteiger partial charge in [-0.15, -0.1) is 0 Å². The van der Waals surface area contributed by atoms with Crippen LogP contribution in [-0.4, -0.2) is 36.9 Å². The number of amides is 1. The zero-order valence-electron chi connectivity index (χ0n) is 16.3. The number of hydrogen-bond acceptors (Lipinski definition) is 5. The second-order valence-corrected chi connectivity index (χ2v) is 6.27. The summed E-state index contributed by atoms with van der Waals surface area (Å²) >= 11 is 0. The molecule has 0 unspecified atom stereocenters. The third kappa shape index (κ3) is 5.74. The van der Waals surface area contributed by atoms with E-state index in [4.69, 9.17) is 4.74 Å². The van der Waals surface area contributed by atoms with Gasteiger partial charge in [-0.2, -0.15) is 5.10 Å². The van der Waals surface area contributed by atoms with Gasteiger partial charge in [0.05, 0.1) is 6.21 Å². The number of carbonyl (C=O) groups excluding carboxylic acids is 1. The van der Waals surface area contributed by atoms with Gasteiger partial charge >= 0.3 is 0 Å². The molecule has 0 fully saturated rings. The van der Waals surface area contributed by atoms with Gasteiger partial charge in [-0.1, -0.05) is 17.7 Å². The van der Waals surface area contributed by atoms with Crippen molar-refractivity contribution in [3.05, 3.63) is 53.1 Å². The van der Waals surface area contributed by atoms with Gasteiger partial charge in [0.2, 0.25) is 0 Å². The third-order valence-corrected chi connectivity index (χ3v) is 4.22. The minimum Gasteiger partial charge on any atom is -0.507 e. The summed E-state index contributed by atoms with van der Waals surface area (Å²) in [5, 5.41) is 14.0. The summed E-state index contributed by atoms with van der Waals surface area (Å²) < 4.78 is 5.51. The topological polar surface area (TPSA) is 74.2 Å². The van der Waals surface area contributed by atoms with E-state index >= 15 is 0 Å². The predicted molar refractivity (Wildman–Crippen MR) is 109 cm³/mol. The summed E-state index contributed by atoms with van der Waals surface area (Å²) in [5.74, 6) is 0.416. The summed E-state index contributed by atoms with van der Waals surface area (Å²) in [4.78, 5) is 14.0. The van der Waals surface area contributed by atoms with Crippen LogP contribution in [0.4, 0.5) is 5.69 Å². The van der Waals surface area contributed by atoms with E-state index < -0.39 is 0 Å². The van der Waals surface area contributed by atoms with Crippen molar-refractivity contribution in [2.75, 3.05) is 24.6 Å². The van der Waals surface area contributed by atoms with Crippen molar-refractivity contribution in [3.8, 4) is 11.5 Å². The number of hydrogen-bond donors (Lipinski definition) is 2. The second kappa shape index (κ2) is 9.62. The standard InChI is InChI=1S/C21H27N3O3/c1-5-24(6-2)18-9-8-17(19(25)12-18)13-22-23-21(26)14-27-20-10-7-15(3)11-16(20)4/h7-13,25H,5-6,14H2,1-4H3,(H,23,26). The molecule has 27 heavy (non-hydrogen) atoms. The normalized spacial score (nSPS) is 10.8. The Morgan fingerprint density at radius 2 is 1.93 bits per heavy atom. The lowest BCUT2D eigenvalue weighted by atomic mass is 10.1. The highest BCUT2D eigenvalue weighted by atomic mass is 16.5. The summed E-state index contributed by atoms with van der Waals surface area (Å²) in [6.45, 7) is 9.65. The van der Waals surface area contributed by atoms with Crippen LogP contribution in [0.1, 0.15) is 30.5 Å². The molecule has 0 atom stereocenters. The van der Waals surface area contributed by atoms with Gasteiger partial charge < -0.3 is 14.7 Å². The van der Waals surface area contributed by atoms with Crippen LogP contribution in [0.2, 0.25) is 0 Å². The molecule has 0 saturated carbocycles. The lowest BCUT2D eigenvalue weighted by Gasteiger charge is -2.21. The maximum Gasteiger partial charge on any atom is 0.277 e. The molecule has 0 aliphatic carbocycles. The van der Waals surface area contributed by atoms with Crippen LogP contribution in [0.15, 0.2) is 41.5 Å². The average molecular weight is 369 g/mol. The van der Waals surface area contributed by atoms with Gasteiger partial charge in [0.15, 0.2) is 6.61 Å². The number of ether oxygens (including phenoxy) is 1. The van der Waals surface area contributed by atoms with E-state index in [-0.39, 0.29) is 18.3 Å². The lowest BCUT2D eigenvalue weighted by Crippen LogP contribution is -2.24. The fraction of sp³-hybridized carbons (Fsp3) is 0.333. The first-order valence-electron chi connectivity index (χ1n) is 9.04. The van der Waals surface area contributed by atoms with Crippen LogP contribution in [0.3, 0.4) is 0 Å². The second-order valence-electron chi connectivity index (χ2n) is 6.27. The minimum atomic E-state index is -0.370. The molecule has 1 amide bonds. The summed E-state index contributed by atoms with van der Waals surface area (Å²) in [7, 11) is 0. The number of phenolic OH excluding ortho intramolecular Hbond substituents is 1. The highest BCUT2D eigenvalue weighted by molar-refractivity contribution is 5.86. The molecule has 2 aromatic rings. The molecule has 2 rings (SSSR count). The molecule has 2 N–H and O–H groups in total. The summed E-state index contributed by atoms with van der Waals surface area (Å²) in [6.07, 6.45) is 1.41. The number of nitrogens with zero attached hydrogens (tertiary/aromatic N) is 2. The van der Waals surface area contributed by atoms with Crippen molar-refractivity contribution in [2.24, 2.45) is 5.10 Å². The fourth-order valence-electron chi connectivity index (χ4n) is 2.74. The summed E-state index contributed by atoms with van der Waals surface area (Å²) in [6, 6.07) is 11.2. The first-order chi connectivity index (χ1) is 12.9.